The number of hydrogen-bond donors (Lipinski definition) is 0. The third-order valence-corrected chi connectivity index (χ3v) is 4.72. The molecule has 1 spiro atoms. The zero-order valence-corrected chi connectivity index (χ0v) is 12.9. The van der Waals surface area contributed by atoms with Crippen LogP contribution in [0.4, 0.5) is 0 Å². The van der Waals surface area contributed by atoms with Crippen molar-refractivity contribution in [3.05, 3.63) is 0 Å². The van der Waals surface area contributed by atoms with Gasteiger partial charge in [0.2, 0.25) is 0 Å². The van der Waals surface area contributed by atoms with Gasteiger partial charge in [0.25, 0.3) is 0 Å². The zero-order valence-electron chi connectivity index (χ0n) is 12.9. The standard InChI is InChI=1S/C10H20N2O.C5H10O/c1-11-5-3-10(4-6-11)9-12(2)7-8-13-10;1-6-5-3-2-4-5/h3-9H2,1-2H3;5H,2-4H2,1H3. The van der Waals surface area contributed by atoms with E-state index in [-0.39, 0.29) is 5.60 Å². The lowest BCUT2D eigenvalue weighted by Gasteiger charge is -2.45. The highest BCUT2D eigenvalue weighted by Crippen LogP contribution is 2.28. The number of morpholine rings is 1. The van der Waals surface area contributed by atoms with Crippen LogP contribution in [0.25, 0.3) is 0 Å². The molecule has 0 bridgehead atoms. The smallest absolute Gasteiger partial charge is 0.0833 e. The van der Waals surface area contributed by atoms with Gasteiger partial charge >= 0.3 is 0 Å². The minimum absolute atomic E-state index is 0.194. The maximum atomic E-state index is 5.96. The maximum Gasteiger partial charge on any atom is 0.0833 e. The summed E-state index contributed by atoms with van der Waals surface area (Å²) in [6.45, 7) is 5.51. The summed E-state index contributed by atoms with van der Waals surface area (Å²) in [5, 5.41) is 0. The lowest BCUT2D eigenvalue weighted by atomic mass is 9.90. The normalized spacial score (nSPS) is 28.6. The van der Waals surface area contributed by atoms with E-state index in [2.05, 4.69) is 23.9 Å². The Morgan fingerprint density at radius 1 is 1.05 bits per heavy atom. The van der Waals surface area contributed by atoms with E-state index in [1.54, 1.807) is 7.11 Å². The first-order chi connectivity index (χ1) is 9.13. The lowest BCUT2D eigenvalue weighted by Crippen LogP contribution is -2.55. The topological polar surface area (TPSA) is 24.9 Å². The lowest BCUT2D eigenvalue weighted by molar-refractivity contribution is -0.128. The van der Waals surface area contributed by atoms with Crippen molar-refractivity contribution in [3.63, 3.8) is 0 Å². The summed E-state index contributed by atoms with van der Waals surface area (Å²) in [6.07, 6.45) is 6.97. The third-order valence-electron chi connectivity index (χ3n) is 4.72. The Morgan fingerprint density at radius 2 is 1.74 bits per heavy atom. The van der Waals surface area contributed by atoms with Crippen molar-refractivity contribution in [2.45, 2.75) is 43.8 Å². The van der Waals surface area contributed by atoms with E-state index in [1.165, 1.54) is 45.2 Å². The molecule has 2 heterocycles. The Hall–Kier alpha value is -0.160. The minimum Gasteiger partial charge on any atom is -0.381 e. The summed E-state index contributed by atoms with van der Waals surface area (Å²) in [7, 11) is 6.17. The maximum absolute atomic E-state index is 5.96. The van der Waals surface area contributed by atoms with Crippen LogP contribution in [0.1, 0.15) is 32.1 Å². The van der Waals surface area contributed by atoms with Crippen LogP contribution in [0.5, 0.6) is 0 Å². The molecular formula is C15H30N2O2. The van der Waals surface area contributed by atoms with E-state index in [4.69, 9.17) is 9.47 Å². The predicted octanol–water partition coefficient (Wildman–Crippen LogP) is 1.60. The van der Waals surface area contributed by atoms with Crippen LogP contribution < -0.4 is 0 Å². The van der Waals surface area contributed by atoms with Gasteiger partial charge in [-0.05, 0) is 46.2 Å². The first-order valence-corrected chi connectivity index (χ1v) is 7.67. The number of piperidine rings is 1. The highest BCUT2D eigenvalue weighted by molar-refractivity contribution is 4.91. The van der Waals surface area contributed by atoms with Crippen LogP contribution >= 0.6 is 0 Å². The highest BCUT2D eigenvalue weighted by Gasteiger charge is 2.37. The number of methoxy groups -OCH3 is 1. The summed E-state index contributed by atoms with van der Waals surface area (Å²) in [4.78, 5) is 4.79. The molecule has 19 heavy (non-hydrogen) atoms. The molecule has 112 valence electrons. The molecule has 2 aliphatic heterocycles. The molecular weight excluding hydrogens is 240 g/mol. The quantitative estimate of drug-likeness (QED) is 0.722. The number of likely N-dealkylation sites (tertiary alicyclic amines) is 1. The van der Waals surface area contributed by atoms with Gasteiger partial charge in [0.15, 0.2) is 0 Å². The van der Waals surface area contributed by atoms with Crippen molar-refractivity contribution < 1.29 is 9.47 Å². The fourth-order valence-electron chi connectivity index (χ4n) is 2.97. The van der Waals surface area contributed by atoms with Gasteiger partial charge < -0.3 is 19.3 Å². The molecule has 3 aliphatic rings. The first kappa shape index (κ1) is 15.2. The summed E-state index contributed by atoms with van der Waals surface area (Å²) in [5.74, 6) is 0. The summed E-state index contributed by atoms with van der Waals surface area (Å²) in [5.41, 5.74) is 0.194. The van der Waals surface area contributed by atoms with Gasteiger partial charge in [-0.3, -0.25) is 0 Å². The van der Waals surface area contributed by atoms with Gasteiger partial charge in [0.1, 0.15) is 0 Å². The van der Waals surface area contributed by atoms with Gasteiger partial charge in [-0.25, -0.2) is 0 Å². The van der Waals surface area contributed by atoms with Gasteiger partial charge in [0.05, 0.1) is 18.3 Å². The molecule has 3 fully saturated rings. The van der Waals surface area contributed by atoms with Crippen LogP contribution in [-0.2, 0) is 9.47 Å². The Labute approximate surface area is 118 Å². The van der Waals surface area contributed by atoms with Gasteiger partial charge in [-0.1, -0.05) is 0 Å². The third kappa shape index (κ3) is 4.42. The van der Waals surface area contributed by atoms with E-state index >= 15 is 0 Å². The Kier molecular flexibility index (Phi) is 5.63. The molecule has 0 aromatic heterocycles. The Morgan fingerprint density at radius 3 is 2.16 bits per heavy atom. The van der Waals surface area contributed by atoms with Gasteiger partial charge in [0, 0.05) is 33.3 Å². The SMILES string of the molecule is CN1CCC2(CC1)CN(C)CCO2.COC1CCC1. The fraction of sp³-hybridized carbons (Fsp3) is 1.00. The number of likely N-dealkylation sites (N-methyl/N-ethyl adjacent to an activating group) is 1. The Balaban J connectivity index is 0.000000186. The Bertz CT molecular complexity index is 258. The highest BCUT2D eigenvalue weighted by atomic mass is 16.5. The summed E-state index contributed by atoms with van der Waals surface area (Å²) in [6, 6.07) is 0. The van der Waals surface area contributed by atoms with Crippen LogP contribution in [-0.4, -0.2) is 75.5 Å². The molecule has 0 amide bonds. The molecule has 4 heteroatoms. The molecule has 2 saturated heterocycles. The average molecular weight is 270 g/mol. The molecule has 1 aliphatic carbocycles. The molecule has 0 aromatic carbocycles. The molecule has 4 nitrogen and oxygen atoms in total. The van der Waals surface area contributed by atoms with E-state index in [0.29, 0.717) is 6.10 Å². The van der Waals surface area contributed by atoms with Gasteiger partial charge in [-0.2, -0.15) is 0 Å². The second-order valence-corrected chi connectivity index (χ2v) is 6.36. The molecule has 0 aromatic rings. The molecule has 0 atom stereocenters. The number of hydrogen-bond acceptors (Lipinski definition) is 4. The molecule has 0 N–H and O–H groups in total. The van der Waals surface area contributed by atoms with Crippen molar-refractivity contribution in [1.29, 1.82) is 0 Å². The van der Waals surface area contributed by atoms with E-state index < -0.39 is 0 Å². The molecule has 3 rings (SSSR count). The van der Waals surface area contributed by atoms with Crippen LogP contribution in [0.3, 0.4) is 0 Å². The van der Waals surface area contributed by atoms with Crippen molar-refractivity contribution in [3.8, 4) is 0 Å². The van der Waals surface area contributed by atoms with E-state index in [1.807, 2.05) is 0 Å². The largest absolute Gasteiger partial charge is 0.381 e. The second kappa shape index (κ2) is 7.02. The van der Waals surface area contributed by atoms with Crippen LogP contribution in [0.15, 0.2) is 0 Å². The van der Waals surface area contributed by atoms with Crippen molar-refractivity contribution >= 4 is 0 Å². The summed E-state index contributed by atoms with van der Waals surface area (Å²) < 4.78 is 10.9. The van der Waals surface area contributed by atoms with Crippen LogP contribution in [0.2, 0.25) is 0 Å². The van der Waals surface area contributed by atoms with Crippen molar-refractivity contribution in [2.75, 3.05) is 54.0 Å². The van der Waals surface area contributed by atoms with Crippen molar-refractivity contribution in [1.82, 2.24) is 9.80 Å². The monoisotopic (exact) mass is 270 g/mol. The van der Waals surface area contributed by atoms with E-state index in [0.717, 1.165) is 19.7 Å². The molecule has 1 saturated carbocycles. The number of rotatable bonds is 1. The minimum atomic E-state index is 0.194. The molecule has 0 unspecified atom stereocenters. The van der Waals surface area contributed by atoms with Crippen LogP contribution in [0, 0.1) is 0 Å². The number of ether oxygens (including phenoxy) is 2. The fourth-order valence-corrected chi connectivity index (χ4v) is 2.97. The predicted molar refractivity (Wildman–Crippen MR) is 77.6 cm³/mol. The summed E-state index contributed by atoms with van der Waals surface area (Å²) >= 11 is 0. The van der Waals surface area contributed by atoms with Gasteiger partial charge in [-0.15, -0.1) is 0 Å². The average Bonchev–Trinajstić information content (AvgIpc) is 2.33. The second-order valence-electron chi connectivity index (χ2n) is 6.36. The van der Waals surface area contributed by atoms with E-state index in [9.17, 15) is 0 Å². The van der Waals surface area contributed by atoms with Crippen molar-refractivity contribution in [2.24, 2.45) is 0 Å². The molecule has 0 radical (unpaired) electrons. The first-order valence-electron chi connectivity index (χ1n) is 7.67. The number of nitrogens with zero attached hydrogens (tertiary/aromatic N) is 2. The zero-order chi connectivity index (χ0) is 13.7.